The van der Waals surface area contributed by atoms with Crippen LogP contribution in [-0.4, -0.2) is 40.3 Å². The SMILES string of the molecule is CCn1ncc(N2CCCC(CC(=O)NCCc3c[nH]c4ccccc34)C2)cc1=O. The number of nitrogens with one attached hydrogen (secondary N) is 2. The molecule has 7 heteroatoms. The van der Waals surface area contributed by atoms with Crippen molar-refractivity contribution in [2.75, 3.05) is 24.5 Å². The second-order valence-electron chi connectivity index (χ2n) is 7.99. The first-order chi connectivity index (χ1) is 14.6. The molecule has 2 N–H and O–H groups in total. The van der Waals surface area contributed by atoms with Crippen molar-refractivity contribution in [2.45, 2.75) is 39.2 Å². The fourth-order valence-electron chi connectivity index (χ4n) is 4.31. The summed E-state index contributed by atoms with van der Waals surface area (Å²) in [4.78, 5) is 30.0. The molecule has 3 aromatic rings. The van der Waals surface area contributed by atoms with E-state index in [1.54, 1.807) is 12.3 Å². The van der Waals surface area contributed by atoms with Gasteiger partial charge in [0.25, 0.3) is 5.56 Å². The molecule has 0 saturated carbocycles. The van der Waals surface area contributed by atoms with Gasteiger partial charge in [-0.1, -0.05) is 18.2 Å². The molecule has 1 aromatic carbocycles. The molecule has 1 aliphatic heterocycles. The number of nitrogens with zero attached hydrogens (tertiary/aromatic N) is 3. The summed E-state index contributed by atoms with van der Waals surface area (Å²) in [6, 6.07) is 9.87. The Bertz CT molecular complexity index is 1070. The van der Waals surface area contributed by atoms with E-state index in [1.807, 2.05) is 25.3 Å². The minimum Gasteiger partial charge on any atom is -0.370 e. The van der Waals surface area contributed by atoms with Crippen molar-refractivity contribution < 1.29 is 4.79 Å². The number of fused-ring (bicyclic) bond motifs is 1. The van der Waals surface area contributed by atoms with Gasteiger partial charge in [0, 0.05) is 55.8 Å². The number of benzene rings is 1. The predicted octanol–water partition coefficient (Wildman–Crippen LogP) is 2.71. The number of aromatic amines is 1. The van der Waals surface area contributed by atoms with Crippen molar-refractivity contribution in [3.63, 3.8) is 0 Å². The average Bonchev–Trinajstić information content (AvgIpc) is 3.17. The highest BCUT2D eigenvalue weighted by Crippen LogP contribution is 2.24. The zero-order valence-electron chi connectivity index (χ0n) is 17.4. The quantitative estimate of drug-likeness (QED) is 0.631. The molecule has 30 heavy (non-hydrogen) atoms. The van der Waals surface area contributed by atoms with Gasteiger partial charge in [-0.05, 0) is 43.7 Å². The molecule has 0 aliphatic carbocycles. The molecule has 1 fully saturated rings. The number of rotatable bonds is 7. The molecule has 1 saturated heterocycles. The molecule has 4 rings (SSSR count). The van der Waals surface area contributed by atoms with Crippen LogP contribution in [-0.2, 0) is 17.8 Å². The summed E-state index contributed by atoms with van der Waals surface area (Å²) in [5, 5.41) is 8.52. The summed E-state index contributed by atoms with van der Waals surface area (Å²) in [6.45, 7) is 4.79. The van der Waals surface area contributed by atoms with Crippen molar-refractivity contribution >= 4 is 22.5 Å². The number of para-hydroxylation sites is 1. The summed E-state index contributed by atoms with van der Waals surface area (Å²) < 4.78 is 1.45. The summed E-state index contributed by atoms with van der Waals surface area (Å²) in [5.74, 6) is 0.390. The lowest BCUT2D eigenvalue weighted by Crippen LogP contribution is -2.39. The fraction of sp³-hybridized carbons (Fsp3) is 0.435. The molecule has 0 spiro atoms. The second-order valence-corrected chi connectivity index (χ2v) is 7.99. The summed E-state index contributed by atoms with van der Waals surface area (Å²) in [7, 11) is 0. The molecule has 1 unspecified atom stereocenters. The van der Waals surface area contributed by atoms with Crippen LogP contribution in [0.25, 0.3) is 10.9 Å². The van der Waals surface area contributed by atoms with Crippen LogP contribution >= 0.6 is 0 Å². The number of H-pyrrole nitrogens is 1. The Labute approximate surface area is 176 Å². The highest BCUT2D eigenvalue weighted by molar-refractivity contribution is 5.83. The molecule has 1 amide bonds. The molecule has 1 atom stereocenters. The monoisotopic (exact) mass is 407 g/mol. The van der Waals surface area contributed by atoms with E-state index < -0.39 is 0 Å². The summed E-state index contributed by atoms with van der Waals surface area (Å²) in [5.41, 5.74) is 3.13. The number of carbonyl (C=O) groups excluding carboxylic acids is 1. The van der Waals surface area contributed by atoms with E-state index in [4.69, 9.17) is 0 Å². The van der Waals surface area contributed by atoms with Crippen LogP contribution in [0.3, 0.4) is 0 Å². The maximum atomic E-state index is 12.5. The smallest absolute Gasteiger partial charge is 0.268 e. The van der Waals surface area contributed by atoms with Crippen molar-refractivity contribution in [3.8, 4) is 0 Å². The number of hydrogen-bond acceptors (Lipinski definition) is 4. The Morgan fingerprint density at radius 2 is 2.20 bits per heavy atom. The minimum absolute atomic E-state index is 0.0767. The van der Waals surface area contributed by atoms with Gasteiger partial charge in [0.15, 0.2) is 0 Å². The third-order valence-electron chi connectivity index (χ3n) is 5.90. The maximum absolute atomic E-state index is 12.5. The first-order valence-electron chi connectivity index (χ1n) is 10.8. The van der Waals surface area contributed by atoms with Crippen molar-refractivity contribution in [1.29, 1.82) is 0 Å². The van der Waals surface area contributed by atoms with E-state index in [0.29, 0.717) is 25.4 Å². The summed E-state index contributed by atoms with van der Waals surface area (Å²) in [6.07, 6.45) is 7.16. The van der Waals surface area contributed by atoms with Crippen LogP contribution in [0, 0.1) is 5.92 Å². The van der Waals surface area contributed by atoms with Crippen molar-refractivity contribution in [2.24, 2.45) is 5.92 Å². The number of aromatic nitrogens is 3. The van der Waals surface area contributed by atoms with E-state index in [9.17, 15) is 9.59 Å². The third kappa shape index (κ3) is 4.56. The van der Waals surface area contributed by atoms with Gasteiger partial charge >= 0.3 is 0 Å². The van der Waals surface area contributed by atoms with E-state index in [-0.39, 0.29) is 11.5 Å². The van der Waals surface area contributed by atoms with Crippen molar-refractivity contribution in [1.82, 2.24) is 20.1 Å². The molecule has 7 nitrogen and oxygen atoms in total. The van der Waals surface area contributed by atoms with Crippen LogP contribution in [0.1, 0.15) is 31.7 Å². The first-order valence-corrected chi connectivity index (χ1v) is 10.8. The Morgan fingerprint density at radius 1 is 1.33 bits per heavy atom. The zero-order chi connectivity index (χ0) is 20.9. The molecule has 3 heterocycles. The van der Waals surface area contributed by atoms with Crippen LogP contribution < -0.4 is 15.8 Å². The van der Waals surface area contributed by atoms with Gasteiger partial charge in [-0.3, -0.25) is 9.59 Å². The van der Waals surface area contributed by atoms with Gasteiger partial charge < -0.3 is 15.2 Å². The lowest BCUT2D eigenvalue weighted by atomic mass is 9.94. The van der Waals surface area contributed by atoms with E-state index >= 15 is 0 Å². The lowest BCUT2D eigenvalue weighted by Gasteiger charge is -2.33. The highest BCUT2D eigenvalue weighted by atomic mass is 16.1. The van der Waals surface area contributed by atoms with E-state index in [2.05, 4.69) is 32.4 Å². The van der Waals surface area contributed by atoms with Gasteiger partial charge in [-0.2, -0.15) is 5.10 Å². The molecular formula is C23H29N5O2. The van der Waals surface area contributed by atoms with Gasteiger partial charge in [0.2, 0.25) is 5.91 Å². The van der Waals surface area contributed by atoms with Crippen LogP contribution in [0.5, 0.6) is 0 Å². The van der Waals surface area contributed by atoms with Crippen LogP contribution in [0.4, 0.5) is 5.69 Å². The largest absolute Gasteiger partial charge is 0.370 e. The maximum Gasteiger partial charge on any atom is 0.268 e. The van der Waals surface area contributed by atoms with Gasteiger partial charge in [0.05, 0.1) is 11.9 Å². The van der Waals surface area contributed by atoms with E-state index in [0.717, 1.165) is 43.6 Å². The van der Waals surface area contributed by atoms with E-state index in [1.165, 1.54) is 15.6 Å². The molecule has 2 aromatic heterocycles. The Balaban J connectivity index is 1.28. The highest BCUT2D eigenvalue weighted by Gasteiger charge is 2.23. The van der Waals surface area contributed by atoms with Crippen LogP contribution in [0.2, 0.25) is 0 Å². The zero-order valence-corrected chi connectivity index (χ0v) is 17.4. The normalized spacial score (nSPS) is 16.7. The Hall–Kier alpha value is -3.09. The minimum atomic E-state index is -0.0767. The number of anilines is 1. The third-order valence-corrected chi connectivity index (χ3v) is 5.90. The molecule has 0 radical (unpaired) electrons. The van der Waals surface area contributed by atoms with Crippen molar-refractivity contribution in [3.05, 3.63) is 58.6 Å². The van der Waals surface area contributed by atoms with Gasteiger partial charge in [-0.15, -0.1) is 0 Å². The topological polar surface area (TPSA) is 83.0 Å². The number of carbonyl (C=O) groups is 1. The first kappa shape index (κ1) is 20.2. The average molecular weight is 408 g/mol. The fourth-order valence-corrected chi connectivity index (χ4v) is 4.31. The number of amides is 1. The molecule has 158 valence electrons. The standard InChI is InChI=1S/C23H29N5O2/c1-2-28-23(30)13-19(15-26-28)27-11-5-6-17(16-27)12-22(29)24-10-9-18-14-25-21-8-4-3-7-20(18)21/h3-4,7-8,13-15,17,25H,2,5-6,9-12,16H2,1H3,(H,24,29). The number of aryl methyl sites for hydroxylation is 1. The lowest BCUT2D eigenvalue weighted by molar-refractivity contribution is -0.122. The number of hydrogen-bond donors (Lipinski definition) is 2. The van der Waals surface area contributed by atoms with Gasteiger partial charge in [0.1, 0.15) is 0 Å². The number of piperidine rings is 1. The Kier molecular flexibility index (Phi) is 6.16. The predicted molar refractivity (Wildman–Crippen MR) is 119 cm³/mol. The second kappa shape index (κ2) is 9.15. The van der Waals surface area contributed by atoms with Gasteiger partial charge in [-0.25, -0.2) is 4.68 Å². The molecule has 1 aliphatic rings. The molecule has 0 bridgehead atoms. The molecular weight excluding hydrogens is 378 g/mol. The summed E-state index contributed by atoms with van der Waals surface area (Å²) >= 11 is 0. The van der Waals surface area contributed by atoms with Crippen LogP contribution in [0.15, 0.2) is 47.5 Å². The Morgan fingerprint density at radius 3 is 3.03 bits per heavy atom.